The fraction of sp³-hybridized carbons (Fsp3) is 0. The maximum atomic E-state index is 2.44. The van der Waals surface area contributed by atoms with Crippen LogP contribution in [-0.2, 0) is 0 Å². The van der Waals surface area contributed by atoms with Crippen LogP contribution in [0.3, 0.4) is 0 Å². The number of benzene rings is 10. The van der Waals surface area contributed by atoms with Crippen molar-refractivity contribution in [3.05, 3.63) is 182 Å². The van der Waals surface area contributed by atoms with E-state index in [9.17, 15) is 0 Å². The Hall–Kier alpha value is -6.24. The molecule has 0 saturated heterocycles. The van der Waals surface area contributed by atoms with Gasteiger partial charge in [-0.25, -0.2) is 0 Å². The Balaban J connectivity index is 1.31. The number of rotatable bonds is 3. The topological polar surface area (TPSA) is 0 Å². The van der Waals surface area contributed by atoms with Crippen LogP contribution in [-0.4, -0.2) is 0 Å². The molecule has 0 saturated carbocycles. The van der Waals surface area contributed by atoms with E-state index in [-0.39, 0.29) is 0 Å². The highest BCUT2D eigenvalue weighted by Gasteiger charge is 2.18. The molecule has 0 radical (unpaired) electrons. The maximum Gasteiger partial charge on any atom is -0.00261 e. The van der Waals surface area contributed by atoms with Gasteiger partial charge in [0.15, 0.2) is 0 Å². The van der Waals surface area contributed by atoms with Crippen LogP contribution in [0.2, 0.25) is 0 Å². The van der Waals surface area contributed by atoms with Crippen molar-refractivity contribution in [1.29, 1.82) is 0 Å². The molecule has 0 aliphatic rings. The maximum absolute atomic E-state index is 2.44. The predicted octanol–water partition coefficient (Wildman–Crippen LogP) is 13.6. The lowest BCUT2D eigenvalue weighted by Crippen LogP contribution is -1.92. The van der Waals surface area contributed by atoms with Crippen molar-refractivity contribution in [3.8, 4) is 33.4 Å². The summed E-state index contributed by atoms with van der Waals surface area (Å²) >= 11 is 0. The molecule has 0 unspecified atom stereocenters. The Kier molecular flexibility index (Phi) is 5.98. The summed E-state index contributed by atoms with van der Waals surface area (Å²) in [7, 11) is 0. The van der Waals surface area contributed by atoms with Crippen LogP contribution in [0.15, 0.2) is 182 Å². The summed E-state index contributed by atoms with van der Waals surface area (Å²) in [5.41, 5.74) is 7.49. The molecule has 0 fully saturated rings. The third kappa shape index (κ3) is 4.10. The van der Waals surface area contributed by atoms with Crippen LogP contribution in [0.1, 0.15) is 0 Å². The summed E-state index contributed by atoms with van der Waals surface area (Å²) in [6, 6.07) is 67.1. The third-order valence-electron chi connectivity index (χ3n) is 10.2. The molecule has 0 atom stereocenters. The zero-order valence-corrected chi connectivity index (χ0v) is 26.3. The van der Waals surface area contributed by atoms with Crippen LogP contribution >= 0.6 is 0 Å². The van der Waals surface area contributed by atoms with Crippen molar-refractivity contribution < 1.29 is 0 Å². The second kappa shape index (κ2) is 10.7. The molecule has 48 heavy (non-hydrogen) atoms. The monoisotopic (exact) mass is 606 g/mol. The van der Waals surface area contributed by atoms with Gasteiger partial charge in [-0.1, -0.05) is 164 Å². The highest BCUT2D eigenvalue weighted by atomic mass is 14.2. The van der Waals surface area contributed by atoms with Crippen molar-refractivity contribution in [2.75, 3.05) is 0 Å². The molecule has 10 aromatic rings. The van der Waals surface area contributed by atoms with Gasteiger partial charge in [-0.3, -0.25) is 0 Å². The lowest BCUT2D eigenvalue weighted by atomic mass is 9.84. The third-order valence-corrected chi connectivity index (χ3v) is 10.2. The first-order valence-corrected chi connectivity index (χ1v) is 16.7. The molecule has 0 nitrogen and oxygen atoms in total. The van der Waals surface area contributed by atoms with Crippen molar-refractivity contribution >= 4 is 64.6 Å². The minimum Gasteiger partial charge on any atom is -0.0622 e. The first-order valence-electron chi connectivity index (χ1n) is 16.7. The van der Waals surface area contributed by atoms with Gasteiger partial charge in [0.25, 0.3) is 0 Å². The summed E-state index contributed by atoms with van der Waals surface area (Å²) in [6.07, 6.45) is 0. The van der Waals surface area contributed by atoms with Crippen LogP contribution < -0.4 is 0 Å². The van der Waals surface area contributed by atoms with Crippen LogP contribution in [0, 0.1) is 0 Å². The van der Waals surface area contributed by atoms with Gasteiger partial charge in [-0.15, -0.1) is 0 Å². The first-order chi connectivity index (χ1) is 23.8. The van der Waals surface area contributed by atoms with Gasteiger partial charge in [0.1, 0.15) is 0 Å². The average Bonchev–Trinajstić information content (AvgIpc) is 3.16. The highest BCUT2D eigenvalue weighted by molar-refractivity contribution is 6.27. The van der Waals surface area contributed by atoms with Gasteiger partial charge in [-0.05, 0) is 116 Å². The molecule has 10 aromatic carbocycles. The lowest BCUT2D eigenvalue weighted by molar-refractivity contribution is 1.65. The Morgan fingerprint density at radius 3 is 1.29 bits per heavy atom. The largest absolute Gasteiger partial charge is 0.0622 e. The molecule has 10 rings (SSSR count). The number of hydrogen-bond acceptors (Lipinski definition) is 0. The molecule has 0 aromatic heterocycles. The van der Waals surface area contributed by atoms with Gasteiger partial charge in [0.05, 0.1) is 0 Å². The second-order valence-electron chi connectivity index (χ2n) is 12.8. The van der Waals surface area contributed by atoms with Gasteiger partial charge >= 0.3 is 0 Å². The molecule has 222 valence electrons. The van der Waals surface area contributed by atoms with Crippen molar-refractivity contribution in [1.82, 2.24) is 0 Å². The van der Waals surface area contributed by atoms with E-state index in [2.05, 4.69) is 182 Å². The molecule has 0 N–H and O–H groups in total. The van der Waals surface area contributed by atoms with Crippen LogP contribution in [0.4, 0.5) is 0 Å². The van der Waals surface area contributed by atoms with E-state index in [0.717, 1.165) is 0 Å². The van der Waals surface area contributed by atoms with Crippen LogP contribution in [0.5, 0.6) is 0 Å². The van der Waals surface area contributed by atoms with E-state index in [1.807, 2.05) is 0 Å². The Bertz CT molecular complexity index is 2840. The average molecular weight is 607 g/mol. The lowest BCUT2D eigenvalue weighted by Gasteiger charge is -2.19. The summed E-state index contributed by atoms with van der Waals surface area (Å²) in [5.74, 6) is 0. The smallest absolute Gasteiger partial charge is 0.00261 e. The SMILES string of the molecule is c1ccc(-c2c3ccccc3c(-c3ccc4c5ccccc5c5ccccc5c4c3)c3ccc(-c4ccc5ccccc5c4)cc23)cc1. The second-order valence-corrected chi connectivity index (χ2v) is 12.8. The number of hydrogen-bond donors (Lipinski definition) is 0. The molecular formula is C48H30. The quantitative estimate of drug-likeness (QED) is 0.139. The molecule has 0 aliphatic carbocycles. The van der Waals surface area contributed by atoms with Crippen molar-refractivity contribution in [2.24, 2.45) is 0 Å². The van der Waals surface area contributed by atoms with E-state index in [1.54, 1.807) is 0 Å². The molecular weight excluding hydrogens is 577 g/mol. The fourth-order valence-corrected chi connectivity index (χ4v) is 8.02. The zero-order valence-electron chi connectivity index (χ0n) is 26.3. The molecule has 0 heterocycles. The van der Waals surface area contributed by atoms with Gasteiger partial charge < -0.3 is 0 Å². The molecule has 0 bridgehead atoms. The van der Waals surface area contributed by atoms with Gasteiger partial charge in [0, 0.05) is 0 Å². The Labute approximate surface area is 279 Å². The summed E-state index contributed by atoms with van der Waals surface area (Å²) < 4.78 is 0. The Morgan fingerprint density at radius 2 is 0.604 bits per heavy atom. The predicted molar refractivity (Wildman–Crippen MR) is 208 cm³/mol. The minimum atomic E-state index is 1.22. The fourth-order valence-electron chi connectivity index (χ4n) is 8.02. The highest BCUT2D eigenvalue weighted by Crippen LogP contribution is 2.46. The summed E-state index contributed by atoms with van der Waals surface area (Å²) in [4.78, 5) is 0. The minimum absolute atomic E-state index is 1.22. The van der Waals surface area contributed by atoms with Gasteiger partial charge in [-0.2, -0.15) is 0 Å². The standard InChI is InChI=1S/C48H30/c1-2-13-32(14-3-1)47-42-20-10-11-21-43(42)48(44-27-24-35(29-46(44)47)34-23-22-31-12-4-5-15-33(31)28-34)36-25-26-41-39-18-7-6-16-37(39)38-17-8-9-19-40(38)45(41)30-36/h1-30H. The van der Waals surface area contributed by atoms with Crippen molar-refractivity contribution in [3.63, 3.8) is 0 Å². The van der Waals surface area contributed by atoms with E-state index in [1.165, 1.54) is 98.0 Å². The summed E-state index contributed by atoms with van der Waals surface area (Å²) in [5, 5.41) is 15.4. The normalized spacial score (nSPS) is 11.8. The molecule has 0 amide bonds. The summed E-state index contributed by atoms with van der Waals surface area (Å²) in [6.45, 7) is 0. The van der Waals surface area contributed by atoms with Crippen LogP contribution in [0.25, 0.3) is 98.0 Å². The van der Waals surface area contributed by atoms with Gasteiger partial charge in [0.2, 0.25) is 0 Å². The Morgan fingerprint density at radius 1 is 0.188 bits per heavy atom. The van der Waals surface area contributed by atoms with E-state index in [0.29, 0.717) is 0 Å². The first kappa shape index (κ1) is 26.9. The molecule has 0 spiro atoms. The van der Waals surface area contributed by atoms with E-state index >= 15 is 0 Å². The molecule has 0 aliphatic heterocycles. The van der Waals surface area contributed by atoms with Crippen molar-refractivity contribution in [2.45, 2.75) is 0 Å². The van der Waals surface area contributed by atoms with E-state index in [4.69, 9.17) is 0 Å². The number of fused-ring (bicyclic) bond motifs is 9. The zero-order chi connectivity index (χ0) is 31.6. The molecule has 0 heteroatoms. The van der Waals surface area contributed by atoms with E-state index < -0.39 is 0 Å².